The molecule has 3 aromatic rings. The lowest BCUT2D eigenvalue weighted by Crippen LogP contribution is -2.32. The molecule has 4 rings (SSSR count). The van der Waals surface area contributed by atoms with E-state index in [1.165, 1.54) is 0 Å². The van der Waals surface area contributed by atoms with Crippen LogP contribution in [-0.4, -0.2) is 33.1 Å². The van der Waals surface area contributed by atoms with Crippen LogP contribution in [0.15, 0.2) is 53.2 Å². The Bertz CT molecular complexity index is 887. The van der Waals surface area contributed by atoms with Crippen LogP contribution >= 0.6 is 0 Å². The molecule has 0 spiro atoms. The SMILES string of the molecule is O=[N+]([O-])c1ccc(N2CCC(c3nc(-c4ccccn4)no3)CC2)cc1. The van der Waals surface area contributed by atoms with Crippen LogP contribution in [0.3, 0.4) is 0 Å². The van der Waals surface area contributed by atoms with Gasteiger partial charge in [-0.1, -0.05) is 11.2 Å². The van der Waals surface area contributed by atoms with Gasteiger partial charge in [0.2, 0.25) is 11.7 Å². The molecule has 26 heavy (non-hydrogen) atoms. The summed E-state index contributed by atoms with van der Waals surface area (Å²) in [6.45, 7) is 1.67. The van der Waals surface area contributed by atoms with Gasteiger partial charge in [-0.3, -0.25) is 15.1 Å². The first-order valence-corrected chi connectivity index (χ1v) is 8.45. The molecule has 0 bridgehead atoms. The summed E-state index contributed by atoms with van der Waals surface area (Å²) in [5, 5.41) is 14.8. The van der Waals surface area contributed by atoms with Crippen molar-refractivity contribution < 1.29 is 9.45 Å². The number of hydrogen-bond donors (Lipinski definition) is 0. The van der Waals surface area contributed by atoms with Crippen LogP contribution in [0.25, 0.3) is 11.5 Å². The highest BCUT2D eigenvalue weighted by molar-refractivity contribution is 5.51. The average molecular weight is 351 g/mol. The highest BCUT2D eigenvalue weighted by Crippen LogP contribution is 2.31. The van der Waals surface area contributed by atoms with E-state index in [9.17, 15) is 10.1 Å². The van der Waals surface area contributed by atoms with E-state index in [0.29, 0.717) is 17.4 Å². The predicted molar refractivity (Wildman–Crippen MR) is 94.8 cm³/mol. The molecule has 0 saturated carbocycles. The summed E-state index contributed by atoms with van der Waals surface area (Å²) in [6.07, 6.45) is 3.48. The zero-order chi connectivity index (χ0) is 17.9. The van der Waals surface area contributed by atoms with E-state index in [-0.39, 0.29) is 16.5 Å². The maximum absolute atomic E-state index is 10.8. The number of pyridine rings is 1. The van der Waals surface area contributed by atoms with E-state index < -0.39 is 0 Å². The van der Waals surface area contributed by atoms with Crippen LogP contribution in [0.2, 0.25) is 0 Å². The number of nitro groups is 1. The molecule has 1 saturated heterocycles. The Morgan fingerprint density at radius 3 is 2.54 bits per heavy atom. The number of aromatic nitrogens is 3. The molecule has 0 radical (unpaired) electrons. The quantitative estimate of drug-likeness (QED) is 0.524. The molecule has 2 aromatic heterocycles. The van der Waals surface area contributed by atoms with Gasteiger partial charge in [-0.25, -0.2) is 0 Å². The number of nitro benzene ring substituents is 1. The molecule has 1 aliphatic heterocycles. The number of benzene rings is 1. The highest BCUT2D eigenvalue weighted by atomic mass is 16.6. The van der Waals surface area contributed by atoms with Gasteiger partial charge in [0.25, 0.3) is 5.69 Å². The van der Waals surface area contributed by atoms with Crippen LogP contribution in [0, 0.1) is 10.1 Å². The molecular weight excluding hydrogens is 334 g/mol. The van der Waals surface area contributed by atoms with Crippen LogP contribution in [0.1, 0.15) is 24.7 Å². The van der Waals surface area contributed by atoms with E-state index in [2.05, 4.69) is 20.0 Å². The second-order valence-electron chi connectivity index (χ2n) is 6.21. The topological polar surface area (TPSA) is 98.2 Å². The second kappa shape index (κ2) is 6.91. The fraction of sp³-hybridized carbons (Fsp3) is 0.278. The third-order valence-corrected chi connectivity index (χ3v) is 4.61. The summed E-state index contributed by atoms with van der Waals surface area (Å²) in [7, 11) is 0. The van der Waals surface area contributed by atoms with Gasteiger partial charge in [0.05, 0.1) is 4.92 Å². The van der Waals surface area contributed by atoms with Gasteiger partial charge < -0.3 is 9.42 Å². The largest absolute Gasteiger partial charge is 0.371 e. The van der Waals surface area contributed by atoms with Gasteiger partial charge in [-0.2, -0.15) is 4.98 Å². The minimum atomic E-state index is -0.384. The molecule has 3 heterocycles. The maximum Gasteiger partial charge on any atom is 0.269 e. The van der Waals surface area contributed by atoms with Crippen molar-refractivity contribution >= 4 is 11.4 Å². The number of piperidine rings is 1. The molecule has 132 valence electrons. The zero-order valence-electron chi connectivity index (χ0n) is 14.0. The lowest BCUT2D eigenvalue weighted by Gasteiger charge is -2.32. The summed E-state index contributed by atoms with van der Waals surface area (Å²) < 4.78 is 5.45. The lowest BCUT2D eigenvalue weighted by molar-refractivity contribution is -0.384. The molecule has 0 N–H and O–H groups in total. The van der Waals surface area contributed by atoms with E-state index in [0.717, 1.165) is 31.6 Å². The van der Waals surface area contributed by atoms with Crippen LogP contribution < -0.4 is 4.90 Å². The van der Waals surface area contributed by atoms with Crippen LogP contribution in [-0.2, 0) is 0 Å². The first-order chi connectivity index (χ1) is 12.7. The Hall–Kier alpha value is -3.29. The molecule has 0 atom stereocenters. The first-order valence-electron chi connectivity index (χ1n) is 8.45. The molecule has 0 aliphatic carbocycles. The molecule has 8 nitrogen and oxygen atoms in total. The smallest absolute Gasteiger partial charge is 0.269 e. The van der Waals surface area contributed by atoms with Crippen molar-refractivity contribution in [3.63, 3.8) is 0 Å². The number of hydrogen-bond acceptors (Lipinski definition) is 7. The minimum absolute atomic E-state index is 0.108. The summed E-state index contributed by atoms with van der Waals surface area (Å²) in [5.41, 5.74) is 1.80. The standard InChI is InChI=1S/C18H17N5O3/c24-23(25)15-6-4-14(5-7-15)22-11-8-13(9-12-22)18-20-17(21-26-18)16-3-1-2-10-19-16/h1-7,10,13H,8-9,11-12H2. The van der Waals surface area contributed by atoms with Crippen molar-refractivity contribution in [2.45, 2.75) is 18.8 Å². The Balaban J connectivity index is 1.41. The fourth-order valence-electron chi connectivity index (χ4n) is 3.17. The van der Waals surface area contributed by atoms with Crippen molar-refractivity contribution in [1.82, 2.24) is 15.1 Å². The van der Waals surface area contributed by atoms with E-state index in [4.69, 9.17) is 4.52 Å². The van der Waals surface area contributed by atoms with Gasteiger partial charge in [-0.15, -0.1) is 0 Å². The van der Waals surface area contributed by atoms with Crippen LogP contribution in [0.4, 0.5) is 11.4 Å². The third-order valence-electron chi connectivity index (χ3n) is 4.61. The minimum Gasteiger partial charge on any atom is -0.371 e. The predicted octanol–water partition coefficient (Wildman–Crippen LogP) is 3.42. The first kappa shape index (κ1) is 16.2. The van der Waals surface area contributed by atoms with Gasteiger partial charge >= 0.3 is 0 Å². The molecular formula is C18H17N5O3. The summed E-state index contributed by atoms with van der Waals surface area (Å²) >= 11 is 0. The number of anilines is 1. The van der Waals surface area contributed by atoms with Crippen LogP contribution in [0.5, 0.6) is 0 Å². The molecule has 0 unspecified atom stereocenters. The van der Waals surface area contributed by atoms with E-state index in [1.807, 2.05) is 18.2 Å². The van der Waals surface area contributed by atoms with Crippen molar-refractivity contribution in [2.75, 3.05) is 18.0 Å². The molecule has 0 amide bonds. The number of non-ortho nitro benzene ring substituents is 1. The normalized spacial score (nSPS) is 15.2. The Labute approximate surface area is 149 Å². The van der Waals surface area contributed by atoms with Gasteiger partial charge in [0, 0.05) is 43.0 Å². The van der Waals surface area contributed by atoms with Crippen molar-refractivity contribution in [3.05, 3.63) is 64.7 Å². The van der Waals surface area contributed by atoms with Crippen molar-refractivity contribution in [3.8, 4) is 11.5 Å². The molecule has 1 aliphatic rings. The van der Waals surface area contributed by atoms with E-state index in [1.54, 1.807) is 30.5 Å². The Kier molecular flexibility index (Phi) is 4.30. The number of rotatable bonds is 4. The molecule has 1 aromatic carbocycles. The van der Waals surface area contributed by atoms with E-state index >= 15 is 0 Å². The summed E-state index contributed by atoms with van der Waals surface area (Å²) in [6, 6.07) is 12.3. The molecule has 1 fully saturated rings. The second-order valence-corrected chi connectivity index (χ2v) is 6.21. The lowest BCUT2D eigenvalue weighted by atomic mass is 9.96. The van der Waals surface area contributed by atoms with Crippen molar-refractivity contribution in [2.24, 2.45) is 0 Å². The monoisotopic (exact) mass is 351 g/mol. The van der Waals surface area contributed by atoms with Gasteiger partial charge in [-0.05, 0) is 37.1 Å². The summed E-state index contributed by atoms with van der Waals surface area (Å²) in [4.78, 5) is 21.3. The summed E-state index contributed by atoms with van der Waals surface area (Å²) in [5.74, 6) is 1.38. The van der Waals surface area contributed by atoms with Gasteiger partial charge in [0.15, 0.2) is 0 Å². The zero-order valence-corrected chi connectivity index (χ0v) is 14.0. The molecule has 8 heteroatoms. The maximum atomic E-state index is 10.8. The van der Waals surface area contributed by atoms with Crippen molar-refractivity contribution in [1.29, 1.82) is 0 Å². The fourth-order valence-corrected chi connectivity index (χ4v) is 3.17. The Morgan fingerprint density at radius 2 is 1.88 bits per heavy atom. The Morgan fingerprint density at radius 1 is 1.12 bits per heavy atom. The number of nitrogens with zero attached hydrogens (tertiary/aromatic N) is 5. The van der Waals surface area contributed by atoms with Gasteiger partial charge in [0.1, 0.15) is 5.69 Å². The average Bonchev–Trinajstić information content (AvgIpc) is 3.19. The highest BCUT2D eigenvalue weighted by Gasteiger charge is 2.26. The third kappa shape index (κ3) is 3.26.